The van der Waals surface area contributed by atoms with E-state index in [1.54, 1.807) is 11.3 Å². The summed E-state index contributed by atoms with van der Waals surface area (Å²) in [4.78, 5) is 6.74. The second kappa shape index (κ2) is 7.12. The molecular weight excluding hydrogens is 372 g/mol. The SMILES string of the molecule is [O-]C(=c1ccc(=C2N=NN=N2)cc1)N1CCC[C@H](c2nc3ccccc3s2)C1. The summed E-state index contributed by atoms with van der Waals surface area (Å²) in [6.07, 6.45) is 2.06. The maximum Gasteiger partial charge on any atom is 0.207 e. The number of benzene rings is 2. The Balaban J connectivity index is 1.42. The van der Waals surface area contributed by atoms with Gasteiger partial charge >= 0.3 is 0 Å². The van der Waals surface area contributed by atoms with Gasteiger partial charge < -0.3 is 10.0 Å². The van der Waals surface area contributed by atoms with Crippen LogP contribution in [0.1, 0.15) is 23.8 Å². The largest absolute Gasteiger partial charge is 0.860 e. The van der Waals surface area contributed by atoms with Gasteiger partial charge in [0, 0.05) is 24.2 Å². The molecule has 1 atom stereocenters. The van der Waals surface area contributed by atoms with Crippen molar-refractivity contribution in [3.63, 3.8) is 0 Å². The smallest absolute Gasteiger partial charge is 0.207 e. The van der Waals surface area contributed by atoms with Gasteiger partial charge in [-0.05, 0) is 46.5 Å². The Bertz CT molecular complexity index is 1140. The topological polar surface area (TPSA) is 88.6 Å². The third-order valence-electron chi connectivity index (χ3n) is 5.08. The highest BCUT2D eigenvalue weighted by atomic mass is 32.1. The highest BCUT2D eigenvalue weighted by Gasteiger charge is 2.23. The van der Waals surface area contributed by atoms with Gasteiger partial charge in [-0.2, -0.15) is 0 Å². The van der Waals surface area contributed by atoms with Crippen LogP contribution in [-0.4, -0.2) is 23.0 Å². The number of piperidine rings is 1. The first-order chi connectivity index (χ1) is 13.8. The summed E-state index contributed by atoms with van der Waals surface area (Å²) in [5, 5.41) is 30.3. The van der Waals surface area contributed by atoms with Crippen LogP contribution in [0.25, 0.3) is 21.9 Å². The zero-order valence-electron chi connectivity index (χ0n) is 15.0. The lowest BCUT2D eigenvalue weighted by molar-refractivity contribution is -0.273. The summed E-state index contributed by atoms with van der Waals surface area (Å²) in [5.74, 6) is 0.814. The number of thiazole rings is 1. The summed E-state index contributed by atoms with van der Waals surface area (Å²) in [6.45, 7) is 1.49. The Morgan fingerprint density at radius 1 is 1.04 bits per heavy atom. The van der Waals surface area contributed by atoms with E-state index in [4.69, 9.17) is 4.98 Å². The molecule has 3 heterocycles. The molecule has 7 nitrogen and oxygen atoms in total. The van der Waals surface area contributed by atoms with E-state index >= 15 is 0 Å². The van der Waals surface area contributed by atoms with E-state index in [1.807, 2.05) is 47.4 Å². The molecule has 2 aliphatic rings. The molecule has 0 radical (unpaired) electrons. The number of nitrogens with zero attached hydrogens (tertiary/aromatic N) is 6. The molecule has 2 aliphatic heterocycles. The van der Waals surface area contributed by atoms with Gasteiger partial charge in [0.1, 0.15) is 0 Å². The van der Waals surface area contributed by atoms with Crippen molar-refractivity contribution < 1.29 is 5.11 Å². The Morgan fingerprint density at radius 3 is 2.61 bits per heavy atom. The molecular formula is C20H17N6OS-. The molecule has 0 saturated carbocycles. The van der Waals surface area contributed by atoms with Crippen LogP contribution in [0, 0.1) is 0 Å². The third kappa shape index (κ3) is 3.16. The van der Waals surface area contributed by atoms with Crippen molar-refractivity contribution in [2.24, 2.45) is 20.7 Å². The number of aromatic nitrogens is 1. The number of rotatable bonds is 2. The molecule has 3 aromatic rings. The minimum absolute atomic E-state index is 0.0528. The number of hydrogen-bond acceptors (Lipinski definition) is 8. The Kier molecular flexibility index (Phi) is 4.32. The first-order valence-electron chi connectivity index (χ1n) is 9.22. The normalized spacial score (nSPS) is 18.9. The second-order valence-corrected chi connectivity index (χ2v) is 7.95. The molecule has 5 rings (SSSR count). The fraction of sp³-hybridized carbons (Fsp3) is 0.250. The molecule has 0 amide bonds. The molecule has 0 N–H and O–H groups in total. The lowest BCUT2D eigenvalue weighted by Gasteiger charge is -2.38. The van der Waals surface area contributed by atoms with E-state index in [1.165, 1.54) is 4.70 Å². The summed E-state index contributed by atoms with van der Waals surface area (Å²) in [7, 11) is 0. The Morgan fingerprint density at radius 2 is 1.82 bits per heavy atom. The third-order valence-corrected chi connectivity index (χ3v) is 6.28. The summed E-state index contributed by atoms with van der Waals surface area (Å²) < 4.78 is 1.20. The van der Waals surface area contributed by atoms with Gasteiger partial charge in [-0.15, -0.1) is 21.6 Å². The summed E-state index contributed by atoms with van der Waals surface area (Å²) >= 11 is 1.74. The van der Waals surface area contributed by atoms with Crippen molar-refractivity contribution in [2.45, 2.75) is 18.8 Å². The van der Waals surface area contributed by atoms with Crippen molar-refractivity contribution in [3.05, 3.63) is 64.0 Å². The average molecular weight is 389 g/mol. The van der Waals surface area contributed by atoms with Gasteiger partial charge in [-0.3, -0.25) is 0 Å². The van der Waals surface area contributed by atoms with Crippen LogP contribution in [0.3, 0.4) is 0 Å². The minimum atomic E-state index is 0.0528. The fourth-order valence-electron chi connectivity index (χ4n) is 3.63. The van der Waals surface area contributed by atoms with E-state index in [9.17, 15) is 5.11 Å². The molecule has 0 unspecified atom stereocenters. The number of likely N-dealkylation sites (tertiary alicyclic amines) is 1. The van der Waals surface area contributed by atoms with Gasteiger partial charge in [0.05, 0.1) is 15.2 Å². The molecule has 0 bridgehead atoms. The van der Waals surface area contributed by atoms with Crippen molar-refractivity contribution in [3.8, 4) is 0 Å². The zero-order valence-corrected chi connectivity index (χ0v) is 15.8. The van der Waals surface area contributed by atoms with Crippen LogP contribution < -0.4 is 15.5 Å². The van der Waals surface area contributed by atoms with Crippen LogP contribution in [0.2, 0.25) is 0 Å². The van der Waals surface area contributed by atoms with E-state index in [0.29, 0.717) is 23.5 Å². The van der Waals surface area contributed by atoms with Crippen LogP contribution in [-0.2, 0) is 0 Å². The first kappa shape index (κ1) is 17.0. The molecule has 2 aromatic carbocycles. The van der Waals surface area contributed by atoms with Gasteiger partial charge in [0.2, 0.25) is 5.82 Å². The van der Waals surface area contributed by atoms with E-state index in [-0.39, 0.29) is 5.88 Å². The number of para-hydroxylation sites is 1. The fourth-order valence-corrected chi connectivity index (χ4v) is 4.73. The van der Waals surface area contributed by atoms with E-state index in [2.05, 4.69) is 26.7 Å². The van der Waals surface area contributed by atoms with Gasteiger partial charge in [-0.25, -0.2) is 4.98 Å². The van der Waals surface area contributed by atoms with Crippen molar-refractivity contribution in [1.29, 1.82) is 0 Å². The van der Waals surface area contributed by atoms with Crippen molar-refractivity contribution in [2.75, 3.05) is 13.1 Å². The standard InChI is InChI=1S/C20H18N6OS/c27-20(14-9-7-13(8-10-14)18-22-24-25-23-18)26-11-3-4-15(12-26)19-21-16-5-1-2-6-17(16)28-19/h1-2,5-10,15,27H,3-4,11-12H2/p-1/t15-/m0/s1. The molecule has 0 spiro atoms. The van der Waals surface area contributed by atoms with Crippen LogP contribution >= 0.6 is 11.3 Å². The lowest BCUT2D eigenvalue weighted by atomic mass is 9.99. The van der Waals surface area contributed by atoms with Crippen molar-refractivity contribution >= 4 is 33.3 Å². The van der Waals surface area contributed by atoms with Gasteiger partial charge in [0.15, 0.2) is 0 Å². The highest BCUT2D eigenvalue weighted by molar-refractivity contribution is 7.18. The molecule has 140 valence electrons. The second-order valence-electron chi connectivity index (χ2n) is 6.89. The Hall–Kier alpha value is -3.13. The summed E-state index contributed by atoms with van der Waals surface area (Å²) in [6, 6.07) is 15.5. The molecule has 8 heteroatoms. The maximum absolute atomic E-state index is 13.0. The summed E-state index contributed by atoms with van der Waals surface area (Å²) in [5.41, 5.74) is 1.04. The predicted octanol–water partition coefficient (Wildman–Crippen LogP) is 2.50. The molecule has 1 aromatic heterocycles. The van der Waals surface area contributed by atoms with E-state index in [0.717, 1.165) is 35.1 Å². The maximum atomic E-state index is 13.0. The average Bonchev–Trinajstić information content (AvgIpc) is 3.43. The van der Waals surface area contributed by atoms with Crippen molar-refractivity contribution in [1.82, 2.24) is 9.88 Å². The number of hydrogen-bond donors (Lipinski definition) is 0. The van der Waals surface area contributed by atoms with Crippen LogP contribution in [0.4, 0.5) is 0 Å². The van der Waals surface area contributed by atoms with Crippen LogP contribution in [0.15, 0.2) is 69.2 Å². The first-order valence-corrected chi connectivity index (χ1v) is 10.0. The number of fused-ring (bicyclic) bond motifs is 1. The zero-order chi connectivity index (χ0) is 18.9. The van der Waals surface area contributed by atoms with Crippen LogP contribution in [0.5, 0.6) is 0 Å². The lowest BCUT2D eigenvalue weighted by Crippen LogP contribution is -2.40. The molecule has 0 aliphatic carbocycles. The minimum Gasteiger partial charge on any atom is -0.860 e. The monoisotopic (exact) mass is 389 g/mol. The quantitative estimate of drug-likeness (QED) is 0.674. The highest BCUT2D eigenvalue weighted by Crippen LogP contribution is 2.33. The molecule has 1 fully saturated rings. The predicted molar refractivity (Wildman–Crippen MR) is 105 cm³/mol. The van der Waals surface area contributed by atoms with E-state index < -0.39 is 0 Å². The Labute approximate surface area is 165 Å². The van der Waals surface area contributed by atoms with Gasteiger partial charge in [0.25, 0.3) is 0 Å². The molecule has 1 saturated heterocycles. The molecule has 28 heavy (non-hydrogen) atoms. The van der Waals surface area contributed by atoms with Gasteiger partial charge in [-0.1, -0.05) is 36.4 Å².